The van der Waals surface area contributed by atoms with Crippen LogP contribution in [0, 0.1) is 5.92 Å². The number of para-hydroxylation sites is 1. The molecule has 0 unspecified atom stereocenters. The van der Waals surface area contributed by atoms with Gasteiger partial charge in [-0.15, -0.1) is 0 Å². The number of carbonyl (C=O) groups excluding carboxylic acids is 3. The Morgan fingerprint density at radius 2 is 1.69 bits per heavy atom. The highest BCUT2D eigenvalue weighted by atomic mass is 16.5. The van der Waals surface area contributed by atoms with E-state index in [-0.39, 0.29) is 17.7 Å². The fraction of sp³-hybridized carbons (Fsp3) is 0.550. The minimum absolute atomic E-state index is 0.231. The molecule has 0 spiro atoms. The number of hydrogen-bond donors (Lipinski definition) is 5. The summed E-state index contributed by atoms with van der Waals surface area (Å²) >= 11 is 0. The van der Waals surface area contributed by atoms with Gasteiger partial charge in [-0.05, 0) is 87.9 Å². The lowest BCUT2D eigenvalue weighted by Crippen LogP contribution is -2.53. The van der Waals surface area contributed by atoms with Gasteiger partial charge in [0.25, 0.3) is 0 Å². The smallest absolute Gasteiger partial charge is 0.246 e. The molecule has 2 aromatic carbocycles. The van der Waals surface area contributed by atoms with E-state index < -0.39 is 12.1 Å². The van der Waals surface area contributed by atoms with Gasteiger partial charge >= 0.3 is 0 Å². The maximum atomic E-state index is 13.8. The van der Waals surface area contributed by atoms with Crippen LogP contribution in [0.25, 0.3) is 10.9 Å². The van der Waals surface area contributed by atoms with Crippen LogP contribution < -0.4 is 31.7 Å². The standard InChI is InChI=1S/C33H52N8O3.C7H8O/c1-4-41-22-25(21-40-17-8-9-18-40)27-15-14-26(20-30(27)41)38-32(44)29(19-24-11-6-5-7-12-24)39-31(43)28(37-23(2)42)13-10-16-36-33(34)35-3;1-8-7-5-3-2-4-6-7/h14-15,20,22,24,28-29H,4-13,16-19,21H2,1-3H3,(H,37,42)(H,38,44)(H,39,43)(H3,34,35,36);2-6H,1H3/t28-,29-;/m0./s1. The van der Waals surface area contributed by atoms with Crippen molar-refractivity contribution in [2.24, 2.45) is 16.6 Å². The number of guanidine groups is 1. The Hall–Kier alpha value is -4.58. The molecule has 1 saturated carbocycles. The van der Waals surface area contributed by atoms with Crippen molar-refractivity contribution in [2.75, 3.05) is 39.1 Å². The van der Waals surface area contributed by atoms with Gasteiger partial charge < -0.3 is 36.3 Å². The Bertz CT molecular complexity index is 1600. The summed E-state index contributed by atoms with van der Waals surface area (Å²) in [5.74, 6) is 0.722. The number of fused-ring (bicyclic) bond motifs is 1. The maximum absolute atomic E-state index is 13.8. The summed E-state index contributed by atoms with van der Waals surface area (Å²) in [6.07, 6.45) is 11.9. The van der Waals surface area contributed by atoms with E-state index in [0.717, 1.165) is 63.1 Å². The largest absolute Gasteiger partial charge is 0.497 e. The molecule has 284 valence electrons. The number of carbonyl (C=O) groups is 3. The number of aliphatic imine (C=N–C) groups is 1. The van der Waals surface area contributed by atoms with Crippen molar-refractivity contribution in [1.82, 2.24) is 25.4 Å². The molecule has 1 saturated heterocycles. The first-order valence-corrected chi connectivity index (χ1v) is 19.0. The molecule has 3 aromatic rings. The third-order valence-corrected chi connectivity index (χ3v) is 9.98. The van der Waals surface area contributed by atoms with Gasteiger partial charge in [-0.3, -0.25) is 24.3 Å². The highest BCUT2D eigenvalue weighted by Crippen LogP contribution is 2.29. The zero-order chi connectivity index (χ0) is 37.3. The van der Waals surface area contributed by atoms with Crippen LogP contribution in [0.3, 0.4) is 0 Å². The fourth-order valence-electron chi connectivity index (χ4n) is 7.18. The lowest BCUT2D eigenvalue weighted by Gasteiger charge is -2.28. The zero-order valence-electron chi connectivity index (χ0n) is 31.6. The molecule has 1 aliphatic carbocycles. The fourth-order valence-corrected chi connectivity index (χ4v) is 7.18. The van der Waals surface area contributed by atoms with Crippen LogP contribution >= 0.6 is 0 Å². The molecule has 0 radical (unpaired) electrons. The Kier molecular flexibility index (Phi) is 16.3. The molecule has 2 heterocycles. The van der Waals surface area contributed by atoms with E-state index >= 15 is 0 Å². The maximum Gasteiger partial charge on any atom is 0.246 e. The lowest BCUT2D eigenvalue weighted by molar-refractivity contribution is -0.130. The molecule has 2 fully saturated rings. The highest BCUT2D eigenvalue weighted by molar-refractivity contribution is 6.00. The van der Waals surface area contributed by atoms with E-state index in [1.54, 1.807) is 14.2 Å². The average Bonchev–Trinajstić information content (AvgIpc) is 3.80. The van der Waals surface area contributed by atoms with Gasteiger partial charge in [0.2, 0.25) is 17.7 Å². The second-order valence-electron chi connectivity index (χ2n) is 13.9. The molecule has 12 nitrogen and oxygen atoms in total. The van der Waals surface area contributed by atoms with Crippen LogP contribution in [0.2, 0.25) is 0 Å². The molecule has 2 atom stereocenters. The third kappa shape index (κ3) is 12.6. The van der Waals surface area contributed by atoms with E-state index in [1.807, 2.05) is 42.5 Å². The third-order valence-electron chi connectivity index (χ3n) is 9.98. The number of amides is 3. The van der Waals surface area contributed by atoms with Crippen LogP contribution in [0.15, 0.2) is 59.7 Å². The van der Waals surface area contributed by atoms with E-state index in [4.69, 9.17) is 10.5 Å². The summed E-state index contributed by atoms with van der Waals surface area (Å²) in [7, 11) is 3.26. The predicted octanol–water partition coefficient (Wildman–Crippen LogP) is 5.16. The molecule has 6 N–H and O–H groups in total. The molecule has 12 heteroatoms. The van der Waals surface area contributed by atoms with Gasteiger partial charge in [-0.1, -0.05) is 56.4 Å². The zero-order valence-corrected chi connectivity index (χ0v) is 31.6. The van der Waals surface area contributed by atoms with E-state index in [0.29, 0.717) is 43.4 Å². The Balaban J connectivity index is 0.000000666. The van der Waals surface area contributed by atoms with Gasteiger partial charge in [-0.25, -0.2) is 0 Å². The first-order valence-electron chi connectivity index (χ1n) is 19.0. The first-order chi connectivity index (χ1) is 25.2. The Morgan fingerprint density at radius 3 is 2.33 bits per heavy atom. The Labute approximate surface area is 309 Å². The van der Waals surface area contributed by atoms with Gasteiger partial charge in [-0.2, -0.15) is 0 Å². The SMILES string of the molecule is CCn1cc(CN2CCCC2)c2ccc(NC(=O)[C@H](CC3CCCCC3)NC(=O)[C@H](CCCNC(N)=NC)NC(C)=O)cc21.COc1ccccc1. The summed E-state index contributed by atoms with van der Waals surface area (Å²) in [6.45, 7) is 8.10. The number of benzene rings is 2. The van der Waals surface area contributed by atoms with Gasteiger partial charge in [0.05, 0.1) is 12.6 Å². The molecule has 1 aliphatic heterocycles. The van der Waals surface area contributed by atoms with Crippen molar-refractivity contribution >= 4 is 40.3 Å². The Morgan fingerprint density at radius 1 is 0.962 bits per heavy atom. The van der Waals surface area contributed by atoms with Crippen molar-refractivity contribution in [3.8, 4) is 5.75 Å². The van der Waals surface area contributed by atoms with Crippen LogP contribution in [0.1, 0.15) is 83.6 Å². The average molecular weight is 717 g/mol. The highest BCUT2D eigenvalue weighted by Gasteiger charge is 2.29. The number of nitrogens with two attached hydrogens (primary N) is 1. The molecule has 3 amide bonds. The number of likely N-dealkylation sites (tertiary alicyclic amines) is 1. The van der Waals surface area contributed by atoms with Crippen LogP contribution in [-0.2, 0) is 27.5 Å². The molecule has 52 heavy (non-hydrogen) atoms. The molecule has 2 aliphatic rings. The van der Waals surface area contributed by atoms with Crippen molar-refractivity contribution in [3.05, 3.63) is 60.3 Å². The minimum Gasteiger partial charge on any atom is -0.497 e. The van der Waals surface area contributed by atoms with Crippen LogP contribution in [-0.4, -0.2) is 79.0 Å². The normalized spacial score (nSPS) is 16.3. The molecule has 5 rings (SSSR count). The molecular formula is C40H60N8O4. The lowest BCUT2D eigenvalue weighted by atomic mass is 9.84. The number of ether oxygens (including phenoxy) is 1. The number of anilines is 1. The van der Waals surface area contributed by atoms with Crippen LogP contribution in [0.5, 0.6) is 5.75 Å². The monoisotopic (exact) mass is 716 g/mol. The molecule has 0 bridgehead atoms. The van der Waals surface area contributed by atoms with Gasteiger partial charge in [0, 0.05) is 50.9 Å². The molecular weight excluding hydrogens is 656 g/mol. The van der Waals surface area contributed by atoms with Crippen LogP contribution in [0.4, 0.5) is 5.69 Å². The number of hydrogen-bond acceptors (Lipinski definition) is 6. The van der Waals surface area contributed by atoms with Crippen molar-refractivity contribution in [2.45, 2.75) is 103 Å². The van der Waals surface area contributed by atoms with Gasteiger partial charge in [0.1, 0.15) is 17.8 Å². The van der Waals surface area contributed by atoms with Crippen molar-refractivity contribution in [1.29, 1.82) is 0 Å². The van der Waals surface area contributed by atoms with E-state index in [1.165, 1.54) is 37.1 Å². The first kappa shape index (κ1) is 40.2. The number of aromatic nitrogens is 1. The number of nitrogens with one attached hydrogen (secondary N) is 4. The summed E-state index contributed by atoms with van der Waals surface area (Å²) < 4.78 is 7.15. The number of aryl methyl sites for hydroxylation is 1. The van der Waals surface area contributed by atoms with E-state index in [9.17, 15) is 14.4 Å². The minimum atomic E-state index is -0.756. The number of rotatable bonds is 15. The van der Waals surface area contributed by atoms with Crippen molar-refractivity contribution < 1.29 is 19.1 Å². The summed E-state index contributed by atoms with van der Waals surface area (Å²) in [5, 5.41) is 13.1. The second kappa shape index (κ2) is 21.1. The second-order valence-corrected chi connectivity index (χ2v) is 13.9. The quantitative estimate of drug-likeness (QED) is 0.0827. The summed E-state index contributed by atoms with van der Waals surface area (Å²) in [4.78, 5) is 45.6. The number of methoxy groups -OCH3 is 1. The topological polar surface area (TPSA) is 155 Å². The summed E-state index contributed by atoms with van der Waals surface area (Å²) in [5.41, 5.74) is 8.83. The van der Waals surface area contributed by atoms with Crippen molar-refractivity contribution in [3.63, 3.8) is 0 Å². The number of nitrogens with zero attached hydrogens (tertiary/aromatic N) is 3. The summed E-state index contributed by atoms with van der Waals surface area (Å²) in [6, 6.07) is 14.3. The van der Waals surface area contributed by atoms with E-state index in [2.05, 4.69) is 54.9 Å². The predicted molar refractivity (Wildman–Crippen MR) is 209 cm³/mol. The molecule has 1 aromatic heterocycles. The van der Waals surface area contributed by atoms with Gasteiger partial charge in [0.15, 0.2) is 5.96 Å².